The lowest BCUT2D eigenvalue weighted by Gasteiger charge is -2.27. The standard InChI is InChI=1S/C24H28BrNO4/c1-18-15-19(5-10-23(18)30-17-24(27)28)3-2-4-21(16-26-11-13-29-14-12-26)20-6-8-22(25)9-7-20/h4-10,15H,2-3,11-14,16-17H2,1H3,(H,27,28)/b21-4+. The van der Waals surface area contributed by atoms with E-state index < -0.39 is 5.97 Å². The zero-order valence-electron chi connectivity index (χ0n) is 17.3. The molecule has 1 N–H and O–H groups in total. The number of benzene rings is 2. The molecule has 1 aliphatic heterocycles. The molecule has 160 valence electrons. The van der Waals surface area contributed by atoms with Crippen LogP contribution in [0.1, 0.15) is 23.1 Å². The number of halogens is 1. The summed E-state index contributed by atoms with van der Waals surface area (Å²) in [5, 5.41) is 8.77. The number of aliphatic carboxylic acids is 1. The Kier molecular flexibility index (Phi) is 8.49. The minimum absolute atomic E-state index is 0.318. The molecular formula is C24H28BrNO4. The minimum Gasteiger partial charge on any atom is -0.482 e. The molecular weight excluding hydrogens is 446 g/mol. The minimum atomic E-state index is -0.968. The van der Waals surface area contributed by atoms with Gasteiger partial charge in [0, 0.05) is 24.1 Å². The summed E-state index contributed by atoms with van der Waals surface area (Å²) in [6, 6.07) is 14.4. The molecule has 2 aromatic carbocycles. The van der Waals surface area contributed by atoms with Crippen molar-refractivity contribution in [3.05, 3.63) is 69.7 Å². The Bertz CT molecular complexity index is 873. The van der Waals surface area contributed by atoms with E-state index in [4.69, 9.17) is 14.6 Å². The van der Waals surface area contributed by atoms with E-state index >= 15 is 0 Å². The highest BCUT2D eigenvalue weighted by Gasteiger charge is 2.13. The molecule has 0 amide bonds. The van der Waals surface area contributed by atoms with Crippen molar-refractivity contribution in [2.24, 2.45) is 0 Å². The number of carbonyl (C=O) groups is 1. The monoisotopic (exact) mass is 473 g/mol. The molecule has 0 radical (unpaired) electrons. The maximum Gasteiger partial charge on any atom is 0.341 e. The van der Waals surface area contributed by atoms with E-state index in [1.54, 1.807) is 0 Å². The van der Waals surface area contributed by atoms with Crippen LogP contribution in [0.2, 0.25) is 0 Å². The second kappa shape index (κ2) is 11.3. The third-order valence-corrected chi connectivity index (χ3v) is 5.66. The summed E-state index contributed by atoms with van der Waals surface area (Å²) >= 11 is 3.52. The number of nitrogens with zero attached hydrogens (tertiary/aromatic N) is 1. The molecule has 5 nitrogen and oxygen atoms in total. The highest BCUT2D eigenvalue weighted by atomic mass is 79.9. The van der Waals surface area contributed by atoms with Crippen LogP contribution in [0.15, 0.2) is 53.0 Å². The maximum atomic E-state index is 10.7. The van der Waals surface area contributed by atoms with E-state index in [0.29, 0.717) is 5.75 Å². The van der Waals surface area contributed by atoms with Gasteiger partial charge in [0.05, 0.1) is 13.2 Å². The van der Waals surface area contributed by atoms with Crippen molar-refractivity contribution < 1.29 is 19.4 Å². The summed E-state index contributed by atoms with van der Waals surface area (Å²) in [4.78, 5) is 13.1. The number of hydrogen-bond acceptors (Lipinski definition) is 4. The molecule has 0 spiro atoms. The topological polar surface area (TPSA) is 59.0 Å². The van der Waals surface area contributed by atoms with Crippen LogP contribution < -0.4 is 4.74 Å². The molecule has 2 aromatic rings. The number of aryl methyl sites for hydroxylation is 2. The van der Waals surface area contributed by atoms with Crippen molar-refractivity contribution in [1.82, 2.24) is 4.90 Å². The molecule has 0 unspecified atom stereocenters. The van der Waals surface area contributed by atoms with Crippen LogP contribution in [-0.2, 0) is 16.0 Å². The normalized spacial score (nSPS) is 15.2. The van der Waals surface area contributed by atoms with E-state index in [1.807, 2.05) is 19.1 Å². The molecule has 0 bridgehead atoms. The number of allylic oxidation sites excluding steroid dienone is 1. The molecule has 1 aliphatic rings. The predicted octanol–water partition coefficient (Wildman–Crippen LogP) is 4.57. The fourth-order valence-electron chi connectivity index (χ4n) is 3.52. The third kappa shape index (κ3) is 6.97. The van der Waals surface area contributed by atoms with Gasteiger partial charge in [-0.25, -0.2) is 4.79 Å². The van der Waals surface area contributed by atoms with Crippen LogP contribution in [-0.4, -0.2) is 55.4 Å². The Labute approximate surface area is 186 Å². The summed E-state index contributed by atoms with van der Waals surface area (Å²) in [6.07, 6.45) is 4.19. The SMILES string of the molecule is Cc1cc(CC/C=C(\CN2CCOCC2)c2ccc(Br)cc2)ccc1OCC(=O)O. The summed E-state index contributed by atoms with van der Waals surface area (Å²) in [7, 11) is 0. The van der Waals surface area contributed by atoms with Gasteiger partial charge in [0.1, 0.15) is 5.75 Å². The van der Waals surface area contributed by atoms with Crippen LogP contribution in [0.25, 0.3) is 5.57 Å². The third-order valence-electron chi connectivity index (χ3n) is 5.13. The van der Waals surface area contributed by atoms with Gasteiger partial charge in [-0.2, -0.15) is 0 Å². The molecule has 1 saturated heterocycles. The molecule has 0 saturated carbocycles. The first-order chi connectivity index (χ1) is 14.5. The zero-order chi connectivity index (χ0) is 21.3. The number of carboxylic acid groups (broad SMARTS) is 1. The number of rotatable bonds is 9. The summed E-state index contributed by atoms with van der Waals surface area (Å²) in [6.45, 7) is 6.07. The smallest absolute Gasteiger partial charge is 0.341 e. The molecule has 1 heterocycles. The van der Waals surface area contributed by atoms with Crippen LogP contribution in [0.3, 0.4) is 0 Å². The van der Waals surface area contributed by atoms with Crippen molar-refractivity contribution in [2.45, 2.75) is 19.8 Å². The number of ether oxygens (including phenoxy) is 2. The van der Waals surface area contributed by atoms with Gasteiger partial charge in [-0.3, -0.25) is 4.90 Å². The fraction of sp³-hybridized carbons (Fsp3) is 0.375. The fourth-order valence-corrected chi connectivity index (χ4v) is 3.78. The maximum absolute atomic E-state index is 10.7. The van der Waals surface area contributed by atoms with Crippen molar-refractivity contribution in [3.63, 3.8) is 0 Å². The van der Waals surface area contributed by atoms with Gasteiger partial charge in [-0.1, -0.05) is 46.3 Å². The van der Waals surface area contributed by atoms with Crippen molar-refractivity contribution >= 4 is 27.5 Å². The van der Waals surface area contributed by atoms with Gasteiger partial charge in [0.15, 0.2) is 6.61 Å². The average molecular weight is 474 g/mol. The van der Waals surface area contributed by atoms with Crippen LogP contribution in [0.5, 0.6) is 5.75 Å². The summed E-state index contributed by atoms with van der Waals surface area (Å²) < 4.78 is 11.9. The second-order valence-corrected chi connectivity index (χ2v) is 8.36. The lowest BCUT2D eigenvalue weighted by Crippen LogP contribution is -2.37. The van der Waals surface area contributed by atoms with Gasteiger partial charge in [0.2, 0.25) is 0 Å². The quantitative estimate of drug-likeness (QED) is 0.577. The number of hydrogen-bond donors (Lipinski definition) is 1. The van der Waals surface area contributed by atoms with E-state index in [0.717, 1.165) is 55.7 Å². The number of carboxylic acids is 1. The van der Waals surface area contributed by atoms with Gasteiger partial charge in [-0.15, -0.1) is 0 Å². The molecule has 1 fully saturated rings. The van der Waals surface area contributed by atoms with Crippen molar-refractivity contribution in [2.75, 3.05) is 39.5 Å². The second-order valence-electron chi connectivity index (χ2n) is 7.45. The lowest BCUT2D eigenvalue weighted by molar-refractivity contribution is -0.139. The Morgan fingerprint density at radius 2 is 1.93 bits per heavy atom. The zero-order valence-corrected chi connectivity index (χ0v) is 18.9. The van der Waals surface area contributed by atoms with Crippen molar-refractivity contribution in [3.8, 4) is 5.75 Å². The highest BCUT2D eigenvalue weighted by molar-refractivity contribution is 9.10. The van der Waals surface area contributed by atoms with Gasteiger partial charge >= 0.3 is 5.97 Å². The van der Waals surface area contributed by atoms with E-state index in [-0.39, 0.29) is 6.61 Å². The first kappa shape index (κ1) is 22.5. The average Bonchev–Trinajstić information content (AvgIpc) is 2.74. The molecule has 6 heteroatoms. The largest absolute Gasteiger partial charge is 0.482 e. The highest BCUT2D eigenvalue weighted by Crippen LogP contribution is 2.23. The van der Waals surface area contributed by atoms with Gasteiger partial charge in [-0.05, 0) is 60.2 Å². The molecule has 0 aromatic heterocycles. The molecule has 0 atom stereocenters. The van der Waals surface area contributed by atoms with Crippen LogP contribution in [0.4, 0.5) is 0 Å². The Morgan fingerprint density at radius 1 is 1.20 bits per heavy atom. The lowest BCUT2D eigenvalue weighted by atomic mass is 10.0. The predicted molar refractivity (Wildman–Crippen MR) is 122 cm³/mol. The van der Waals surface area contributed by atoms with Gasteiger partial charge < -0.3 is 14.6 Å². The first-order valence-electron chi connectivity index (χ1n) is 10.2. The molecule has 30 heavy (non-hydrogen) atoms. The van der Waals surface area contributed by atoms with E-state index in [2.05, 4.69) is 57.2 Å². The molecule has 3 rings (SSSR count). The number of morpholine rings is 1. The summed E-state index contributed by atoms with van der Waals surface area (Å²) in [5.41, 5.74) is 4.76. The van der Waals surface area contributed by atoms with Crippen LogP contribution >= 0.6 is 15.9 Å². The summed E-state index contributed by atoms with van der Waals surface area (Å²) in [5.74, 6) is -0.344. The first-order valence-corrected chi connectivity index (χ1v) is 11.0. The van der Waals surface area contributed by atoms with Gasteiger partial charge in [0.25, 0.3) is 0 Å². The van der Waals surface area contributed by atoms with E-state index in [1.165, 1.54) is 16.7 Å². The Hall–Kier alpha value is -2.15. The van der Waals surface area contributed by atoms with Crippen LogP contribution in [0, 0.1) is 6.92 Å². The molecule has 0 aliphatic carbocycles. The van der Waals surface area contributed by atoms with Crippen molar-refractivity contribution in [1.29, 1.82) is 0 Å². The Balaban J connectivity index is 1.66. The van der Waals surface area contributed by atoms with E-state index in [9.17, 15) is 4.79 Å². The Morgan fingerprint density at radius 3 is 2.60 bits per heavy atom.